The van der Waals surface area contributed by atoms with E-state index in [-0.39, 0.29) is 17.0 Å². The van der Waals surface area contributed by atoms with E-state index < -0.39 is 15.9 Å². The van der Waals surface area contributed by atoms with E-state index in [9.17, 15) is 13.2 Å². The van der Waals surface area contributed by atoms with Crippen molar-refractivity contribution in [3.63, 3.8) is 0 Å². The minimum atomic E-state index is -3.63. The van der Waals surface area contributed by atoms with E-state index in [1.165, 1.54) is 24.3 Å². The fourth-order valence-corrected chi connectivity index (χ4v) is 2.51. The zero-order valence-electron chi connectivity index (χ0n) is 10.5. The number of nitrogens with two attached hydrogens (primary N) is 1. The van der Waals surface area contributed by atoms with E-state index in [0.717, 1.165) is 0 Å². The van der Waals surface area contributed by atoms with Crippen LogP contribution in [0, 0.1) is 0 Å². The first-order valence-electron chi connectivity index (χ1n) is 5.61. The highest BCUT2D eigenvalue weighted by molar-refractivity contribution is 7.89. The van der Waals surface area contributed by atoms with Crippen LogP contribution < -0.4 is 16.0 Å². The van der Waals surface area contributed by atoms with Gasteiger partial charge in [-0.05, 0) is 24.6 Å². The Morgan fingerprint density at radius 1 is 1.42 bits per heavy atom. The van der Waals surface area contributed by atoms with Crippen LogP contribution >= 0.6 is 0 Å². The van der Waals surface area contributed by atoms with Crippen molar-refractivity contribution in [1.29, 1.82) is 0 Å². The normalized spacial score (nSPS) is 11.3. The summed E-state index contributed by atoms with van der Waals surface area (Å²) in [5, 5.41) is 0. The highest BCUT2D eigenvalue weighted by atomic mass is 32.2. The number of sulfonamides is 1. The molecule has 7 nitrogen and oxygen atoms in total. The van der Waals surface area contributed by atoms with Crippen LogP contribution in [0.3, 0.4) is 0 Å². The molecule has 0 atom stereocenters. The number of benzene rings is 1. The van der Waals surface area contributed by atoms with Gasteiger partial charge in [-0.1, -0.05) is 6.07 Å². The lowest BCUT2D eigenvalue weighted by atomic mass is 10.2. The van der Waals surface area contributed by atoms with Crippen LogP contribution in [-0.4, -0.2) is 34.6 Å². The average molecular weight is 287 g/mol. The molecule has 0 saturated carbocycles. The molecule has 0 spiro atoms. The molecule has 0 aliphatic rings. The van der Waals surface area contributed by atoms with Crippen LogP contribution in [0.25, 0.3) is 0 Å². The molecule has 0 aliphatic heterocycles. The third-order valence-electron chi connectivity index (χ3n) is 2.35. The number of methoxy groups -OCH3 is 1. The summed E-state index contributed by atoms with van der Waals surface area (Å²) in [6.45, 7) is 0.738. The van der Waals surface area contributed by atoms with Gasteiger partial charge in [-0.3, -0.25) is 10.2 Å². The molecular formula is C11H17N3O4S. The topological polar surface area (TPSA) is 111 Å². The smallest absolute Gasteiger partial charge is 0.265 e. The summed E-state index contributed by atoms with van der Waals surface area (Å²) in [5.41, 5.74) is 2.13. The number of nitrogens with one attached hydrogen (secondary N) is 2. The molecule has 0 heterocycles. The van der Waals surface area contributed by atoms with Gasteiger partial charge in [-0.15, -0.1) is 0 Å². The standard InChI is InChI=1S/C11H17N3O4S/c1-18-7-3-6-13-19(16,17)10-5-2-4-9(8-10)11(15)14-12/h2,4-5,8,13H,3,6-7,12H2,1H3,(H,14,15). The summed E-state index contributed by atoms with van der Waals surface area (Å²) in [7, 11) is -2.09. The van der Waals surface area contributed by atoms with Crippen molar-refractivity contribution in [2.24, 2.45) is 5.84 Å². The monoisotopic (exact) mass is 287 g/mol. The van der Waals surface area contributed by atoms with Crippen LogP contribution in [0.5, 0.6) is 0 Å². The summed E-state index contributed by atoms with van der Waals surface area (Å²) in [6.07, 6.45) is 0.568. The summed E-state index contributed by atoms with van der Waals surface area (Å²) < 4.78 is 31.1. The molecule has 0 aliphatic carbocycles. The molecule has 106 valence electrons. The number of hydrazine groups is 1. The minimum Gasteiger partial charge on any atom is -0.385 e. The number of amides is 1. The predicted molar refractivity (Wildman–Crippen MR) is 69.8 cm³/mol. The molecule has 1 aromatic carbocycles. The molecule has 1 rings (SSSR count). The van der Waals surface area contributed by atoms with Gasteiger partial charge >= 0.3 is 0 Å². The summed E-state index contributed by atoms with van der Waals surface area (Å²) in [5.74, 6) is 4.45. The molecule has 0 aromatic heterocycles. The molecule has 0 fully saturated rings. The summed E-state index contributed by atoms with van der Waals surface area (Å²) >= 11 is 0. The molecular weight excluding hydrogens is 270 g/mol. The van der Waals surface area contributed by atoms with Crippen molar-refractivity contribution in [1.82, 2.24) is 10.1 Å². The van der Waals surface area contributed by atoms with Crippen molar-refractivity contribution >= 4 is 15.9 Å². The maximum Gasteiger partial charge on any atom is 0.265 e. The van der Waals surface area contributed by atoms with Crippen molar-refractivity contribution < 1.29 is 17.9 Å². The van der Waals surface area contributed by atoms with Crippen molar-refractivity contribution in [2.45, 2.75) is 11.3 Å². The third-order valence-corrected chi connectivity index (χ3v) is 3.81. The van der Waals surface area contributed by atoms with E-state index in [2.05, 4.69) is 4.72 Å². The van der Waals surface area contributed by atoms with Gasteiger partial charge in [-0.2, -0.15) is 0 Å². The Morgan fingerprint density at radius 2 is 2.16 bits per heavy atom. The van der Waals surface area contributed by atoms with E-state index >= 15 is 0 Å². The lowest BCUT2D eigenvalue weighted by Gasteiger charge is -2.07. The number of hydrogen-bond acceptors (Lipinski definition) is 5. The van der Waals surface area contributed by atoms with E-state index in [4.69, 9.17) is 10.6 Å². The summed E-state index contributed by atoms with van der Waals surface area (Å²) in [4.78, 5) is 11.3. The number of rotatable bonds is 7. The number of hydrogen-bond donors (Lipinski definition) is 3. The highest BCUT2D eigenvalue weighted by Crippen LogP contribution is 2.11. The van der Waals surface area contributed by atoms with Gasteiger partial charge in [0, 0.05) is 25.8 Å². The minimum absolute atomic E-state index is 0.0195. The molecule has 0 radical (unpaired) electrons. The van der Waals surface area contributed by atoms with Crippen LogP contribution in [0.15, 0.2) is 29.2 Å². The lowest BCUT2D eigenvalue weighted by Crippen LogP contribution is -2.30. The lowest BCUT2D eigenvalue weighted by molar-refractivity contribution is 0.0953. The molecule has 19 heavy (non-hydrogen) atoms. The Morgan fingerprint density at radius 3 is 2.79 bits per heavy atom. The number of carbonyl (C=O) groups is 1. The van der Waals surface area contributed by atoms with Crippen LogP contribution in [0.1, 0.15) is 16.8 Å². The zero-order valence-corrected chi connectivity index (χ0v) is 11.4. The fourth-order valence-electron chi connectivity index (χ4n) is 1.39. The molecule has 0 unspecified atom stereocenters. The largest absolute Gasteiger partial charge is 0.385 e. The first-order valence-corrected chi connectivity index (χ1v) is 7.09. The van der Waals surface area contributed by atoms with Gasteiger partial charge in [0.05, 0.1) is 4.90 Å². The predicted octanol–water partition coefficient (Wildman–Crippen LogP) is -0.395. The van der Waals surface area contributed by atoms with E-state index in [0.29, 0.717) is 13.0 Å². The maximum atomic E-state index is 11.9. The van der Waals surface area contributed by atoms with Crippen molar-refractivity contribution in [2.75, 3.05) is 20.3 Å². The highest BCUT2D eigenvalue weighted by Gasteiger charge is 2.15. The molecule has 1 amide bonds. The van der Waals surface area contributed by atoms with Crippen molar-refractivity contribution in [3.8, 4) is 0 Å². The van der Waals surface area contributed by atoms with E-state index in [1.807, 2.05) is 5.43 Å². The SMILES string of the molecule is COCCCNS(=O)(=O)c1cccc(C(=O)NN)c1. The van der Waals surface area contributed by atoms with Crippen LogP contribution in [0.4, 0.5) is 0 Å². The van der Waals surface area contributed by atoms with Gasteiger partial charge in [0.15, 0.2) is 0 Å². The number of ether oxygens (including phenoxy) is 1. The van der Waals surface area contributed by atoms with Gasteiger partial charge < -0.3 is 4.74 Å². The molecule has 4 N–H and O–H groups in total. The van der Waals surface area contributed by atoms with Crippen LogP contribution in [0.2, 0.25) is 0 Å². The quantitative estimate of drug-likeness (QED) is 0.274. The molecule has 8 heteroatoms. The Bertz CT molecular complexity index is 530. The van der Waals surface area contributed by atoms with Gasteiger partial charge in [0.1, 0.15) is 0 Å². The summed E-state index contributed by atoms with van der Waals surface area (Å²) in [6, 6.07) is 5.63. The van der Waals surface area contributed by atoms with Gasteiger partial charge in [-0.25, -0.2) is 19.0 Å². The third kappa shape index (κ3) is 4.60. The first-order chi connectivity index (χ1) is 9.01. The molecule has 0 saturated heterocycles. The number of carbonyl (C=O) groups excluding carboxylic acids is 1. The van der Waals surface area contributed by atoms with Gasteiger partial charge in [0.2, 0.25) is 10.0 Å². The molecule has 1 aromatic rings. The first kappa shape index (κ1) is 15.6. The number of nitrogen functional groups attached to an aromatic ring is 1. The second-order valence-electron chi connectivity index (χ2n) is 3.75. The molecule has 0 bridgehead atoms. The van der Waals surface area contributed by atoms with E-state index in [1.54, 1.807) is 7.11 Å². The zero-order chi connectivity index (χ0) is 14.3. The average Bonchev–Trinajstić information content (AvgIpc) is 2.43. The Labute approximate surface area is 112 Å². The van der Waals surface area contributed by atoms with Crippen molar-refractivity contribution in [3.05, 3.63) is 29.8 Å². The fraction of sp³-hybridized carbons (Fsp3) is 0.364. The maximum absolute atomic E-state index is 11.9. The Balaban J connectivity index is 2.80. The Hall–Kier alpha value is -1.48. The second kappa shape index (κ2) is 7.19. The second-order valence-corrected chi connectivity index (χ2v) is 5.51. The Kier molecular flexibility index (Phi) is 5.90. The van der Waals surface area contributed by atoms with Gasteiger partial charge in [0.25, 0.3) is 5.91 Å². The van der Waals surface area contributed by atoms with Crippen LogP contribution in [-0.2, 0) is 14.8 Å².